The van der Waals surface area contributed by atoms with Crippen molar-refractivity contribution in [1.29, 1.82) is 0 Å². The van der Waals surface area contributed by atoms with Gasteiger partial charge in [0.2, 0.25) is 0 Å². The van der Waals surface area contributed by atoms with Gasteiger partial charge in [-0.15, -0.1) is 0 Å². The zero-order chi connectivity index (χ0) is 10.7. The fraction of sp³-hybridized carbons (Fsp3) is 0. The predicted molar refractivity (Wildman–Crippen MR) is 43.0 cm³/mol. The van der Waals surface area contributed by atoms with Crippen molar-refractivity contribution in [1.82, 2.24) is 0 Å². The molecule has 1 aromatic rings. The van der Waals surface area contributed by atoms with E-state index in [0.29, 0.717) is 18.2 Å². The molecule has 0 aliphatic carbocycles. The second-order valence-corrected chi connectivity index (χ2v) is 2.43. The zero-order valence-corrected chi connectivity index (χ0v) is 6.80. The maximum Gasteiger partial charge on any atom is 0.328 e. The Balaban J connectivity index is 3.19. The molecule has 0 radical (unpaired) electrons. The van der Waals surface area contributed by atoms with Crippen LogP contribution in [0, 0.1) is 17.5 Å². The molecule has 0 aliphatic rings. The number of hydrogen-bond acceptors (Lipinski definition) is 1. The smallest absolute Gasteiger partial charge is 0.328 e. The molecule has 74 valence electrons. The fourth-order valence-electron chi connectivity index (χ4n) is 0.850. The molecule has 0 saturated carbocycles. The van der Waals surface area contributed by atoms with Gasteiger partial charge in [0, 0.05) is 11.6 Å². The molecule has 2 nitrogen and oxygen atoms in total. The van der Waals surface area contributed by atoms with Crippen LogP contribution in [0.3, 0.4) is 0 Å². The summed E-state index contributed by atoms with van der Waals surface area (Å²) in [5.74, 6) is -5.01. The summed E-state index contributed by atoms with van der Waals surface area (Å²) in [7, 11) is 0. The largest absolute Gasteiger partial charge is 0.478 e. The summed E-state index contributed by atoms with van der Waals surface area (Å²) in [5, 5.41) is 8.20. The highest BCUT2D eigenvalue weighted by atomic mass is 19.2. The standard InChI is InChI=1S/C9H5F3O2/c10-6-2-3-7(11)9(12)5(6)1-4-8(13)14/h1-4H,(H,13,14). The number of carbonyl (C=O) groups is 1. The van der Waals surface area contributed by atoms with Crippen LogP contribution in [0.5, 0.6) is 0 Å². The van der Waals surface area contributed by atoms with Gasteiger partial charge < -0.3 is 5.11 Å². The monoisotopic (exact) mass is 202 g/mol. The van der Waals surface area contributed by atoms with E-state index in [1.807, 2.05) is 0 Å². The molecule has 0 aromatic heterocycles. The summed E-state index contributed by atoms with van der Waals surface area (Å²) in [6, 6.07) is 1.35. The third-order valence-corrected chi connectivity index (χ3v) is 1.47. The van der Waals surface area contributed by atoms with Crippen molar-refractivity contribution in [2.45, 2.75) is 0 Å². The number of benzene rings is 1. The summed E-state index contributed by atoms with van der Waals surface area (Å²) < 4.78 is 38.2. The third kappa shape index (κ3) is 2.12. The lowest BCUT2D eigenvalue weighted by atomic mass is 10.2. The Morgan fingerprint density at radius 1 is 1.21 bits per heavy atom. The van der Waals surface area contributed by atoms with Crippen molar-refractivity contribution in [2.24, 2.45) is 0 Å². The van der Waals surface area contributed by atoms with Gasteiger partial charge in [0.15, 0.2) is 11.6 Å². The number of carboxylic acid groups (broad SMARTS) is 1. The van der Waals surface area contributed by atoms with E-state index in [1.165, 1.54) is 0 Å². The number of carboxylic acids is 1. The van der Waals surface area contributed by atoms with Gasteiger partial charge in [-0.1, -0.05) is 0 Å². The second kappa shape index (κ2) is 3.95. The van der Waals surface area contributed by atoms with Crippen LogP contribution in [0.2, 0.25) is 0 Å². The zero-order valence-electron chi connectivity index (χ0n) is 6.80. The molecule has 1 N–H and O–H groups in total. The van der Waals surface area contributed by atoms with Crippen LogP contribution in [-0.2, 0) is 4.79 Å². The third-order valence-electron chi connectivity index (χ3n) is 1.47. The molecule has 14 heavy (non-hydrogen) atoms. The Kier molecular flexibility index (Phi) is 2.91. The van der Waals surface area contributed by atoms with E-state index in [-0.39, 0.29) is 0 Å². The van der Waals surface area contributed by atoms with Crippen molar-refractivity contribution >= 4 is 12.0 Å². The summed E-state index contributed by atoms with van der Waals surface area (Å²) in [6.45, 7) is 0. The maximum absolute atomic E-state index is 12.9. The number of halogens is 3. The molecule has 0 saturated heterocycles. The van der Waals surface area contributed by atoms with Crippen LogP contribution in [0.4, 0.5) is 13.2 Å². The van der Waals surface area contributed by atoms with E-state index < -0.39 is 29.0 Å². The van der Waals surface area contributed by atoms with Crippen LogP contribution in [0.1, 0.15) is 5.56 Å². The lowest BCUT2D eigenvalue weighted by Crippen LogP contribution is -1.94. The molecule has 0 amide bonds. The minimum absolute atomic E-state index is 0.529. The van der Waals surface area contributed by atoms with E-state index in [1.54, 1.807) is 0 Å². The first-order valence-electron chi connectivity index (χ1n) is 3.57. The van der Waals surface area contributed by atoms with Crippen molar-refractivity contribution in [3.05, 3.63) is 41.2 Å². The normalized spacial score (nSPS) is 10.8. The maximum atomic E-state index is 12.9. The van der Waals surface area contributed by atoms with Crippen LogP contribution in [0.15, 0.2) is 18.2 Å². The van der Waals surface area contributed by atoms with Crippen LogP contribution in [-0.4, -0.2) is 11.1 Å². The predicted octanol–water partition coefficient (Wildman–Crippen LogP) is 2.20. The minimum atomic E-state index is -1.40. The molecule has 5 heteroatoms. The molecule has 0 unspecified atom stereocenters. The van der Waals surface area contributed by atoms with Gasteiger partial charge in [0.05, 0.1) is 0 Å². The Morgan fingerprint density at radius 2 is 1.79 bits per heavy atom. The topological polar surface area (TPSA) is 37.3 Å². The molecule has 1 rings (SSSR count). The average Bonchev–Trinajstić information content (AvgIpc) is 2.11. The number of rotatable bonds is 2. The second-order valence-electron chi connectivity index (χ2n) is 2.43. The van der Waals surface area contributed by atoms with Gasteiger partial charge in [0.25, 0.3) is 0 Å². The molecule has 0 bridgehead atoms. The van der Waals surface area contributed by atoms with Gasteiger partial charge in [0.1, 0.15) is 5.82 Å². The van der Waals surface area contributed by atoms with Gasteiger partial charge in [-0.2, -0.15) is 0 Å². The van der Waals surface area contributed by atoms with Gasteiger partial charge in [-0.25, -0.2) is 18.0 Å². The van der Waals surface area contributed by atoms with Gasteiger partial charge >= 0.3 is 5.97 Å². The first-order valence-corrected chi connectivity index (χ1v) is 3.57. The van der Waals surface area contributed by atoms with Gasteiger partial charge in [-0.3, -0.25) is 0 Å². The molecule has 1 aromatic carbocycles. The van der Waals surface area contributed by atoms with E-state index in [9.17, 15) is 18.0 Å². The van der Waals surface area contributed by atoms with Crippen molar-refractivity contribution in [3.63, 3.8) is 0 Å². The summed E-state index contributed by atoms with van der Waals surface area (Å²) >= 11 is 0. The number of hydrogen-bond donors (Lipinski definition) is 1. The van der Waals surface area contributed by atoms with Crippen LogP contribution < -0.4 is 0 Å². The molecular formula is C9H5F3O2. The van der Waals surface area contributed by atoms with Crippen molar-refractivity contribution < 1.29 is 23.1 Å². The molecule has 0 aliphatic heterocycles. The van der Waals surface area contributed by atoms with E-state index in [4.69, 9.17) is 5.11 Å². The summed E-state index contributed by atoms with van der Waals surface area (Å²) in [5.41, 5.74) is -0.701. The molecule has 0 fully saturated rings. The summed E-state index contributed by atoms with van der Waals surface area (Å²) in [6.07, 6.45) is 1.19. The lowest BCUT2D eigenvalue weighted by Gasteiger charge is -1.99. The Morgan fingerprint density at radius 3 is 2.36 bits per heavy atom. The highest BCUT2D eigenvalue weighted by molar-refractivity contribution is 5.85. The molecule has 0 spiro atoms. The van der Waals surface area contributed by atoms with E-state index in [2.05, 4.69) is 0 Å². The van der Waals surface area contributed by atoms with Crippen molar-refractivity contribution in [3.8, 4) is 0 Å². The molecular weight excluding hydrogens is 197 g/mol. The van der Waals surface area contributed by atoms with E-state index in [0.717, 1.165) is 6.07 Å². The quantitative estimate of drug-likeness (QED) is 0.589. The highest BCUT2D eigenvalue weighted by Crippen LogP contribution is 2.16. The first kappa shape index (κ1) is 10.3. The average molecular weight is 202 g/mol. The highest BCUT2D eigenvalue weighted by Gasteiger charge is 2.10. The van der Waals surface area contributed by atoms with Crippen LogP contribution in [0.25, 0.3) is 6.08 Å². The van der Waals surface area contributed by atoms with Crippen LogP contribution >= 0.6 is 0 Å². The Labute approximate surface area is 77.3 Å². The fourth-order valence-corrected chi connectivity index (χ4v) is 0.850. The van der Waals surface area contributed by atoms with Gasteiger partial charge in [-0.05, 0) is 18.2 Å². The minimum Gasteiger partial charge on any atom is -0.478 e. The SMILES string of the molecule is O=C(O)C=Cc1c(F)ccc(F)c1F. The molecule has 0 heterocycles. The molecule has 0 atom stereocenters. The van der Waals surface area contributed by atoms with Crippen molar-refractivity contribution in [2.75, 3.05) is 0 Å². The Hall–Kier alpha value is -1.78. The Bertz CT molecular complexity index is 399. The number of aliphatic carboxylic acids is 1. The first-order chi connectivity index (χ1) is 6.52. The van der Waals surface area contributed by atoms with E-state index >= 15 is 0 Å². The lowest BCUT2D eigenvalue weighted by molar-refractivity contribution is -0.131. The summed E-state index contributed by atoms with van der Waals surface area (Å²) in [4.78, 5) is 10.1.